The average molecular weight is 386 g/mol. The van der Waals surface area contributed by atoms with E-state index >= 15 is 0 Å². The van der Waals surface area contributed by atoms with Gasteiger partial charge in [0.2, 0.25) is 0 Å². The van der Waals surface area contributed by atoms with Gasteiger partial charge in [-0.2, -0.15) is 10.2 Å². The molecular formula is C20H24ClN5O. The predicted octanol–water partition coefficient (Wildman–Crippen LogP) is 0.0148. The molecule has 6 nitrogen and oxygen atoms in total. The van der Waals surface area contributed by atoms with Gasteiger partial charge in [0.25, 0.3) is 0 Å². The number of halogens is 1. The number of aromatic nitrogens is 2. The highest BCUT2D eigenvalue weighted by molar-refractivity contribution is 5.55. The number of para-hydroxylation sites is 1. The van der Waals surface area contributed by atoms with E-state index in [1.807, 2.05) is 55.5 Å². The zero-order valence-corrected chi connectivity index (χ0v) is 16.6. The number of benzene rings is 2. The number of hydrogen-bond acceptors (Lipinski definition) is 4. The lowest BCUT2D eigenvalue weighted by Crippen LogP contribution is -3.00. The summed E-state index contributed by atoms with van der Waals surface area (Å²) in [6.07, 6.45) is 1.56. The Hall–Kier alpha value is -2.83. The van der Waals surface area contributed by atoms with Crippen LogP contribution >= 0.6 is 0 Å². The molecule has 3 rings (SSSR count). The molecule has 0 aliphatic rings. The van der Waals surface area contributed by atoms with Crippen molar-refractivity contribution in [2.75, 3.05) is 26.6 Å². The molecule has 0 saturated heterocycles. The third kappa shape index (κ3) is 4.87. The molecule has 2 N–H and O–H groups in total. The highest BCUT2D eigenvalue weighted by Crippen LogP contribution is 2.21. The fraction of sp³-hybridized carbons (Fsp3) is 0.200. The molecule has 0 saturated carbocycles. The van der Waals surface area contributed by atoms with Crippen molar-refractivity contribution in [2.45, 2.75) is 6.92 Å². The highest BCUT2D eigenvalue weighted by Gasteiger charge is 2.12. The molecule has 142 valence electrons. The first kappa shape index (κ1) is 20.5. The molecular weight excluding hydrogens is 362 g/mol. The van der Waals surface area contributed by atoms with Crippen LogP contribution in [-0.2, 0) is 0 Å². The summed E-state index contributed by atoms with van der Waals surface area (Å²) in [5.74, 6) is 0.0663. The molecule has 0 aliphatic heterocycles. The van der Waals surface area contributed by atoms with E-state index < -0.39 is 0 Å². The van der Waals surface area contributed by atoms with E-state index in [1.165, 1.54) is 0 Å². The van der Waals surface area contributed by atoms with Gasteiger partial charge in [0.15, 0.2) is 5.75 Å². The van der Waals surface area contributed by atoms with E-state index in [0.29, 0.717) is 15.5 Å². The second-order valence-electron chi connectivity index (χ2n) is 7.01. The molecule has 0 aliphatic carbocycles. The minimum Gasteiger partial charge on any atom is -1.00 e. The van der Waals surface area contributed by atoms with Crippen molar-refractivity contribution in [3.05, 3.63) is 71.8 Å². The minimum absolute atomic E-state index is 0. The average Bonchev–Trinajstić information content (AvgIpc) is 2.61. The molecule has 1 aromatic heterocycles. The van der Waals surface area contributed by atoms with E-state index in [9.17, 15) is 5.11 Å². The Morgan fingerprint density at radius 1 is 1.04 bits per heavy atom. The maximum atomic E-state index is 10.4. The largest absolute Gasteiger partial charge is 1.00 e. The smallest absolute Gasteiger partial charge is 0.163 e. The van der Waals surface area contributed by atoms with Gasteiger partial charge in [0.05, 0.1) is 44.4 Å². The van der Waals surface area contributed by atoms with Crippen LogP contribution in [-0.4, -0.2) is 36.0 Å². The maximum Gasteiger partial charge on any atom is 0.163 e. The molecule has 27 heavy (non-hydrogen) atoms. The zero-order chi connectivity index (χ0) is 18.7. The van der Waals surface area contributed by atoms with Gasteiger partial charge in [0, 0.05) is 6.07 Å². The van der Waals surface area contributed by atoms with Crippen molar-refractivity contribution in [2.24, 2.45) is 5.10 Å². The van der Waals surface area contributed by atoms with Crippen LogP contribution in [0.3, 0.4) is 0 Å². The van der Waals surface area contributed by atoms with Gasteiger partial charge in [-0.05, 0) is 31.2 Å². The van der Waals surface area contributed by atoms with E-state index in [0.717, 1.165) is 17.1 Å². The first-order valence-electron chi connectivity index (χ1n) is 8.41. The lowest BCUT2D eigenvalue weighted by molar-refractivity contribution is -0.00000676. The van der Waals surface area contributed by atoms with Gasteiger partial charge in [-0.1, -0.05) is 24.3 Å². The molecule has 0 spiro atoms. The summed E-state index contributed by atoms with van der Waals surface area (Å²) >= 11 is 0. The van der Waals surface area contributed by atoms with Gasteiger partial charge in [-0.25, -0.2) is 4.68 Å². The Labute approximate surface area is 165 Å². The van der Waals surface area contributed by atoms with Crippen LogP contribution in [0.5, 0.6) is 5.75 Å². The van der Waals surface area contributed by atoms with Gasteiger partial charge in [-0.15, -0.1) is 0 Å². The molecule has 3 aromatic rings. The monoisotopic (exact) mass is 385 g/mol. The molecule has 0 bridgehead atoms. The molecule has 0 fully saturated rings. The number of rotatable bonds is 4. The summed E-state index contributed by atoms with van der Waals surface area (Å²) in [6, 6.07) is 17.7. The topological polar surface area (TPSA) is 62.4 Å². The molecule has 0 unspecified atom stereocenters. The summed E-state index contributed by atoms with van der Waals surface area (Å²) < 4.78 is 2.35. The number of aryl methyl sites for hydroxylation is 1. The van der Waals surface area contributed by atoms with Crippen LogP contribution in [0.2, 0.25) is 0 Å². The van der Waals surface area contributed by atoms with E-state index in [4.69, 9.17) is 0 Å². The minimum atomic E-state index is 0. The Balaban J connectivity index is 0.00000261. The molecule has 7 heteroatoms. The van der Waals surface area contributed by atoms with Crippen molar-refractivity contribution in [1.82, 2.24) is 14.3 Å². The molecule has 0 atom stereocenters. The SMILES string of the molecule is Cc1nn(-c2ccccc2)cc(O)c1=NNc1cccc([N+](C)(C)C)c1.[Cl-]. The molecule has 0 amide bonds. The Bertz CT molecular complexity index is 951. The lowest BCUT2D eigenvalue weighted by Gasteiger charge is -2.23. The van der Waals surface area contributed by atoms with Crippen LogP contribution in [0.4, 0.5) is 11.4 Å². The lowest BCUT2D eigenvalue weighted by atomic mass is 10.2. The fourth-order valence-electron chi connectivity index (χ4n) is 2.56. The summed E-state index contributed by atoms with van der Waals surface area (Å²) in [5, 5.41) is 19.7. The number of anilines is 1. The molecule has 1 heterocycles. The van der Waals surface area contributed by atoms with Gasteiger partial charge >= 0.3 is 0 Å². The quantitative estimate of drug-likeness (QED) is 0.491. The second-order valence-corrected chi connectivity index (χ2v) is 7.01. The number of aromatic hydroxyl groups is 1. The van der Waals surface area contributed by atoms with Crippen LogP contribution < -0.4 is 27.7 Å². The summed E-state index contributed by atoms with van der Waals surface area (Å²) in [5.41, 5.74) is 6.53. The van der Waals surface area contributed by atoms with E-state index in [1.54, 1.807) is 10.9 Å². The number of hydrogen-bond donors (Lipinski definition) is 2. The summed E-state index contributed by atoms with van der Waals surface area (Å²) in [4.78, 5) is 0. The number of quaternary nitrogens is 1. The molecule has 0 radical (unpaired) electrons. The third-order valence-corrected chi connectivity index (χ3v) is 4.03. The Morgan fingerprint density at radius 3 is 2.37 bits per heavy atom. The fourth-order valence-corrected chi connectivity index (χ4v) is 2.56. The van der Waals surface area contributed by atoms with Gasteiger partial charge in [0.1, 0.15) is 11.0 Å². The van der Waals surface area contributed by atoms with E-state index in [2.05, 4.69) is 42.8 Å². The van der Waals surface area contributed by atoms with Crippen LogP contribution in [0.1, 0.15) is 5.69 Å². The predicted molar refractivity (Wildman–Crippen MR) is 105 cm³/mol. The van der Waals surface area contributed by atoms with Crippen LogP contribution in [0.15, 0.2) is 65.9 Å². The van der Waals surface area contributed by atoms with Crippen LogP contribution in [0.25, 0.3) is 5.69 Å². The Morgan fingerprint density at radius 2 is 1.74 bits per heavy atom. The molecule has 2 aromatic carbocycles. The first-order valence-corrected chi connectivity index (χ1v) is 8.41. The van der Waals surface area contributed by atoms with Crippen molar-refractivity contribution in [3.63, 3.8) is 0 Å². The van der Waals surface area contributed by atoms with Crippen molar-refractivity contribution in [3.8, 4) is 11.4 Å². The highest BCUT2D eigenvalue weighted by atomic mass is 35.5. The van der Waals surface area contributed by atoms with Crippen molar-refractivity contribution >= 4 is 11.4 Å². The zero-order valence-electron chi connectivity index (χ0n) is 15.9. The van der Waals surface area contributed by atoms with Crippen molar-refractivity contribution < 1.29 is 17.5 Å². The summed E-state index contributed by atoms with van der Waals surface area (Å²) in [7, 11) is 6.32. The normalized spacial score (nSPS) is 11.8. The third-order valence-electron chi connectivity index (χ3n) is 4.03. The number of nitrogens with zero attached hydrogens (tertiary/aromatic N) is 4. The maximum absolute atomic E-state index is 10.4. The van der Waals surface area contributed by atoms with Gasteiger partial charge in [-0.3, -0.25) is 9.91 Å². The number of nitrogens with one attached hydrogen (secondary N) is 1. The first-order chi connectivity index (χ1) is 12.3. The van der Waals surface area contributed by atoms with Crippen LogP contribution in [0, 0.1) is 6.92 Å². The van der Waals surface area contributed by atoms with Gasteiger partial charge < -0.3 is 17.5 Å². The standard InChI is InChI=1S/C20H23N5O.ClH/c1-15-20(19(26)14-24(23-15)17-10-6-5-7-11-17)22-21-16-9-8-12-18(13-16)25(2,3)4;/h5-14H,1-4H3,(H-,21,23,26);1H. The second kappa shape index (κ2) is 8.24. The Kier molecular flexibility index (Phi) is 6.25. The van der Waals surface area contributed by atoms with E-state index in [-0.39, 0.29) is 18.2 Å². The van der Waals surface area contributed by atoms with Crippen molar-refractivity contribution in [1.29, 1.82) is 0 Å². The summed E-state index contributed by atoms with van der Waals surface area (Å²) in [6.45, 7) is 1.82.